The van der Waals surface area contributed by atoms with Crippen molar-refractivity contribution in [1.29, 1.82) is 0 Å². The average molecular weight is 392 g/mol. The second-order valence-electron chi connectivity index (χ2n) is 5.63. The van der Waals surface area contributed by atoms with E-state index in [0.717, 1.165) is 30.9 Å². The molecule has 0 spiro atoms. The number of nitrogens with zero attached hydrogens (tertiary/aromatic N) is 2. The minimum Gasteiger partial charge on any atom is -0.507 e. The Morgan fingerprint density at radius 3 is 2.37 bits per heavy atom. The molecule has 0 amide bonds. The fourth-order valence-corrected chi connectivity index (χ4v) is 3.04. The van der Waals surface area contributed by atoms with Gasteiger partial charge in [0.05, 0.1) is 16.1 Å². The highest BCUT2D eigenvalue weighted by Gasteiger charge is 2.16. The maximum atomic E-state index is 11.4. The summed E-state index contributed by atoms with van der Waals surface area (Å²) in [4.78, 5) is 17.0. The molecule has 0 bridgehead atoms. The standard InChI is InChI=1S/C18H20N2O6S/c1-3-20(4-2)13-5-8-17(21)12(9-13)11-19-16-7-6-14(27(24,25)26)10-15(16)18(22)23/h5-11,21H,3-4H2,1-2H3,(H,22,23)(H,24,25,26). The van der Waals surface area contributed by atoms with Gasteiger partial charge >= 0.3 is 5.97 Å². The first-order valence-electron chi connectivity index (χ1n) is 8.14. The van der Waals surface area contributed by atoms with Gasteiger partial charge in [0.15, 0.2) is 0 Å². The van der Waals surface area contributed by atoms with E-state index >= 15 is 0 Å². The second kappa shape index (κ2) is 8.19. The van der Waals surface area contributed by atoms with Crippen LogP contribution in [0.25, 0.3) is 0 Å². The second-order valence-corrected chi connectivity index (χ2v) is 7.05. The quantitative estimate of drug-likeness (QED) is 0.488. The van der Waals surface area contributed by atoms with Crippen molar-refractivity contribution in [3.63, 3.8) is 0 Å². The van der Waals surface area contributed by atoms with E-state index in [9.17, 15) is 23.4 Å². The number of anilines is 1. The summed E-state index contributed by atoms with van der Waals surface area (Å²) in [5.41, 5.74) is 0.859. The average Bonchev–Trinajstić information content (AvgIpc) is 2.61. The first-order valence-corrected chi connectivity index (χ1v) is 9.58. The lowest BCUT2D eigenvalue weighted by molar-refractivity contribution is 0.0697. The Bertz CT molecular complexity index is 981. The number of phenolic OH excluding ortho intramolecular Hbond substituents is 1. The van der Waals surface area contributed by atoms with Crippen LogP contribution >= 0.6 is 0 Å². The topological polar surface area (TPSA) is 128 Å². The van der Waals surface area contributed by atoms with Crippen LogP contribution < -0.4 is 4.90 Å². The summed E-state index contributed by atoms with van der Waals surface area (Å²) in [5.74, 6) is -1.42. The molecule has 0 aliphatic heterocycles. The molecule has 27 heavy (non-hydrogen) atoms. The Balaban J connectivity index is 2.46. The lowest BCUT2D eigenvalue weighted by Gasteiger charge is -2.21. The Morgan fingerprint density at radius 2 is 1.81 bits per heavy atom. The number of aliphatic imine (C=N–C) groups is 1. The summed E-state index contributed by atoms with van der Waals surface area (Å²) in [5, 5.41) is 19.3. The molecule has 9 heteroatoms. The molecule has 8 nitrogen and oxygen atoms in total. The van der Waals surface area contributed by atoms with E-state index in [1.807, 2.05) is 13.8 Å². The first kappa shape index (κ1) is 20.4. The van der Waals surface area contributed by atoms with Crippen LogP contribution in [0.3, 0.4) is 0 Å². The SMILES string of the molecule is CCN(CC)c1ccc(O)c(C=Nc2ccc(S(=O)(=O)O)cc2C(=O)O)c1. The van der Waals surface area contributed by atoms with Crippen LogP contribution in [0.1, 0.15) is 29.8 Å². The van der Waals surface area contributed by atoms with Crippen molar-refractivity contribution in [2.75, 3.05) is 18.0 Å². The minimum absolute atomic E-state index is 0.0115. The molecule has 0 atom stereocenters. The first-order chi connectivity index (χ1) is 12.7. The number of rotatable bonds is 7. The Kier molecular flexibility index (Phi) is 6.19. The normalized spacial score (nSPS) is 11.7. The van der Waals surface area contributed by atoms with Crippen molar-refractivity contribution in [2.45, 2.75) is 18.7 Å². The number of phenols is 1. The summed E-state index contributed by atoms with van der Waals surface area (Å²) < 4.78 is 31.4. The molecule has 0 radical (unpaired) electrons. The molecule has 2 aromatic rings. The summed E-state index contributed by atoms with van der Waals surface area (Å²) >= 11 is 0. The van der Waals surface area contributed by atoms with Crippen molar-refractivity contribution < 1.29 is 28.0 Å². The molecule has 0 saturated heterocycles. The van der Waals surface area contributed by atoms with Crippen molar-refractivity contribution >= 4 is 33.7 Å². The Labute approximate surface area is 157 Å². The smallest absolute Gasteiger partial charge is 0.337 e. The summed E-state index contributed by atoms with van der Waals surface area (Å²) in [6.45, 7) is 5.55. The molecular weight excluding hydrogens is 372 g/mol. The van der Waals surface area contributed by atoms with Gasteiger partial charge in [-0.15, -0.1) is 0 Å². The molecule has 0 unspecified atom stereocenters. The van der Waals surface area contributed by atoms with Gasteiger partial charge in [-0.2, -0.15) is 8.42 Å². The van der Waals surface area contributed by atoms with E-state index < -0.39 is 21.0 Å². The molecule has 2 aromatic carbocycles. The third kappa shape index (κ3) is 4.83. The fourth-order valence-electron chi connectivity index (χ4n) is 2.53. The van der Waals surface area contributed by atoms with Gasteiger partial charge in [-0.05, 0) is 50.2 Å². The number of hydrogen-bond acceptors (Lipinski definition) is 6. The molecule has 144 valence electrons. The van der Waals surface area contributed by atoms with Gasteiger partial charge in [0, 0.05) is 30.6 Å². The highest BCUT2D eigenvalue weighted by molar-refractivity contribution is 7.85. The van der Waals surface area contributed by atoms with Crippen LogP contribution in [-0.2, 0) is 10.1 Å². The van der Waals surface area contributed by atoms with Crippen molar-refractivity contribution in [1.82, 2.24) is 0 Å². The van der Waals surface area contributed by atoms with Gasteiger partial charge in [0.25, 0.3) is 10.1 Å². The van der Waals surface area contributed by atoms with Crippen LogP contribution in [0.2, 0.25) is 0 Å². The fraction of sp³-hybridized carbons (Fsp3) is 0.222. The Hall–Kier alpha value is -2.91. The molecule has 3 N–H and O–H groups in total. The predicted octanol–water partition coefficient (Wildman–Crippen LogP) is 2.93. The molecule has 0 aliphatic carbocycles. The van der Waals surface area contributed by atoms with Gasteiger partial charge < -0.3 is 15.1 Å². The minimum atomic E-state index is -4.53. The van der Waals surface area contributed by atoms with E-state index in [4.69, 9.17) is 4.55 Å². The van der Waals surface area contributed by atoms with Crippen LogP contribution in [0.4, 0.5) is 11.4 Å². The van der Waals surface area contributed by atoms with E-state index in [1.54, 1.807) is 12.1 Å². The van der Waals surface area contributed by atoms with Crippen molar-refractivity contribution in [3.05, 3.63) is 47.5 Å². The third-order valence-corrected chi connectivity index (χ3v) is 4.83. The number of benzene rings is 2. The van der Waals surface area contributed by atoms with E-state index in [1.165, 1.54) is 18.3 Å². The van der Waals surface area contributed by atoms with Gasteiger partial charge in [-0.3, -0.25) is 9.55 Å². The van der Waals surface area contributed by atoms with E-state index in [0.29, 0.717) is 5.56 Å². The summed E-state index contributed by atoms with van der Waals surface area (Å²) in [7, 11) is -4.53. The molecular formula is C18H20N2O6S. The number of hydrogen-bond donors (Lipinski definition) is 3. The molecule has 0 heterocycles. The molecule has 0 saturated carbocycles. The zero-order valence-electron chi connectivity index (χ0n) is 14.8. The van der Waals surface area contributed by atoms with E-state index in [2.05, 4.69) is 9.89 Å². The van der Waals surface area contributed by atoms with Crippen LogP contribution in [0.15, 0.2) is 46.3 Å². The lowest BCUT2D eigenvalue weighted by Crippen LogP contribution is -2.21. The zero-order chi connectivity index (χ0) is 20.2. The molecule has 0 aliphatic rings. The maximum Gasteiger partial charge on any atom is 0.337 e. The highest BCUT2D eigenvalue weighted by Crippen LogP contribution is 2.26. The largest absolute Gasteiger partial charge is 0.507 e. The summed E-state index contributed by atoms with van der Waals surface area (Å²) in [6, 6.07) is 8.07. The molecule has 0 aromatic heterocycles. The lowest BCUT2D eigenvalue weighted by atomic mass is 10.1. The summed E-state index contributed by atoms with van der Waals surface area (Å²) in [6.07, 6.45) is 1.30. The number of aromatic carboxylic acids is 1. The van der Waals surface area contributed by atoms with Crippen LogP contribution in [0.5, 0.6) is 5.75 Å². The van der Waals surface area contributed by atoms with Crippen LogP contribution in [0, 0.1) is 0 Å². The Morgan fingerprint density at radius 1 is 1.15 bits per heavy atom. The zero-order valence-corrected chi connectivity index (χ0v) is 15.6. The monoisotopic (exact) mass is 392 g/mol. The van der Waals surface area contributed by atoms with Gasteiger partial charge in [0.1, 0.15) is 5.75 Å². The number of aromatic hydroxyl groups is 1. The van der Waals surface area contributed by atoms with Gasteiger partial charge in [0.2, 0.25) is 0 Å². The van der Waals surface area contributed by atoms with Crippen molar-refractivity contribution in [3.8, 4) is 5.75 Å². The third-order valence-electron chi connectivity index (χ3n) is 3.98. The predicted molar refractivity (Wildman–Crippen MR) is 102 cm³/mol. The van der Waals surface area contributed by atoms with Crippen LogP contribution in [-0.4, -0.2) is 48.5 Å². The van der Waals surface area contributed by atoms with E-state index in [-0.39, 0.29) is 17.0 Å². The molecule has 0 fully saturated rings. The number of carboxylic acid groups (broad SMARTS) is 1. The highest BCUT2D eigenvalue weighted by atomic mass is 32.2. The maximum absolute atomic E-state index is 11.4. The van der Waals surface area contributed by atoms with Crippen molar-refractivity contribution in [2.24, 2.45) is 4.99 Å². The number of carbonyl (C=O) groups is 1. The van der Waals surface area contributed by atoms with Gasteiger partial charge in [-0.1, -0.05) is 0 Å². The molecule has 2 rings (SSSR count). The van der Waals surface area contributed by atoms with Gasteiger partial charge in [-0.25, -0.2) is 4.79 Å². The number of carboxylic acids is 1.